The Labute approximate surface area is 245 Å². The molecule has 0 saturated heterocycles. The molecule has 0 saturated carbocycles. The summed E-state index contributed by atoms with van der Waals surface area (Å²) in [5.41, 5.74) is 1.78. The number of methoxy groups -OCH3 is 1. The van der Waals surface area contributed by atoms with Crippen LogP contribution < -0.4 is 38.0 Å². The number of halogens is 1. The quantitative estimate of drug-likeness (QED) is 0.108. The van der Waals surface area contributed by atoms with Gasteiger partial charge in [0, 0.05) is 47.2 Å². The molecule has 1 amide bonds. The maximum Gasteiger partial charge on any atom is 0.272 e. The zero-order chi connectivity index (χ0) is 27.9. The second-order valence-electron chi connectivity index (χ2n) is 8.23. The first-order valence-corrected chi connectivity index (χ1v) is 14.2. The summed E-state index contributed by atoms with van der Waals surface area (Å²) in [6.07, 6.45) is 4.80. The van der Waals surface area contributed by atoms with Gasteiger partial charge in [0.25, 0.3) is 5.91 Å². The number of benzene rings is 2. The molecule has 9 nitrogen and oxygen atoms in total. The second-order valence-corrected chi connectivity index (χ2v) is 10.4. The predicted molar refractivity (Wildman–Crippen MR) is 169 cm³/mol. The zero-order valence-corrected chi connectivity index (χ0v) is 26.2. The summed E-state index contributed by atoms with van der Waals surface area (Å²) in [5.74, 6) is 2.69. The molecule has 2 atom stereocenters. The van der Waals surface area contributed by atoms with Gasteiger partial charge in [-0.2, -0.15) is 0 Å². The van der Waals surface area contributed by atoms with Crippen molar-refractivity contribution in [2.24, 2.45) is 0 Å². The first kappa shape index (κ1) is 29.2. The molecule has 2 heterocycles. The van der Waals surface area contributed by atoms with Crippen molar-refractivity contribution in [2.75, 3.05) is 37.0 Å². The van der Waals surface area contributed by atoms with Crippen LogP contribution in [0.4, 0.5) is 5.69 Å². The van der Waals surface area contributed by atoms with E-state index in [1.807, 2.05) is 61.1 Å². The molecule has 0 fully saturated rings. The van der Waals surface area contributed by atoms with Crippen LogP contribution in [0.15, 0.2) is 55.0 Å². The Bertz CT molecular complexity index is 1470. The summed E-state index contributed by atoms with van der Waals surface area (Å²) >= 11 is 1.99. The largest absolute Gasteiger partial charge is 0.493 e. The van der Waals surface area contributed by atoms with Gasteiger partial charge in [0.05, 0.1) is 47.8 Å². The topological polar surface area (TPSA) is 95.0 Å². The van der Waals surface area contributed by atoms with Gasteiger partial charge in [0.2, 0.25) is 0 Å². The van der Waals surface area contributed by atoms with Crippen LogP contribution in [0.25, 0.3) is 10.9 Å². The number of aromatic nitrogens is 2. The van der Waals surface area contributed by atoms with E-state index in [1.54, 1.807) is 31.6 Å². The molecule has 1 N–H and O–H groups in total. The number of nitrogens with one attached hydrogen (secondary N) is 1. The highest BCUT2D eigenvalue weighted by atomic mass is 127. The maximum atomic E-state index is 13.3. The number of amides is 1. The van der Waals surface area contributed by atoms with Crippen molar-refractivity contribution in [1.29, 1.82) is 0 Å². The minimum Gasteiger partial charge on any atom is -0.493 e. The molecule has 0 aliphatic rings. The fourth-order valence-electron chi connectivity index (χ4n) is 3.80. The number of anilines is 1. The summed E-state index contributed by atoms with van der Waals surface area (Å²) in [7, 11) is 8.85. The van der Waals surface area contributed by atoms with Gasteiger partial charge in [-0.25, -0.2) is 3.11 Å². The lowest BCUT2D eigenvalue weighted by Gasteiger charge is -2.20. The van der Waals surface area contributed by atoms with E-state index in [-0.39, 0.29) is 5.91 Å². The van der Waals surface area contributed by atoms with E-state index in [9.17, 15) is 4.79 Å². The van der Waals surface area contributed by atoms with Gasteiger partial charge in [-0.15, -0.1) is 18.5 Å². The first-order valence-electron chi connectivity index (χ1n) is 12.1. The molecule has 2 unspecified atom stereocenters. The van der Waals surface area contributed by atoms with Crippen molar-refractivity contribution in [3.05, 3.63) is 60.6 Å². The summed E-state index contributed by atoms with van der Waals surface area (Å²) < 4.78 is 25.0. The van der Waals surface area contributed by atoms with Gasteiger partial charge in [0.15, 0.2) is 11.5 Å². The number of nitrogens with zero attached hydrogens (tertiary/aromatic N) is 3. The number of hydrogen-bond donors (Lipinski definition) is 1. The third-order valence-electron chi connectivity index (χ3n) is 5.66. The summed E-state index contributed by atoms with van der Waals surface area (Å²) in [6, 6.07) is 10.9. The van der Waals surface area contributed by atoms with Crippen LogP contribution in [-0.2, 0) is 0 Å². The van der Waals surface area contributed by atoms with Crippen molar-refractivity contribution >= 4 is 74.5 Å². The molecule has 2 aromatic heterocycles. The molecule has 204 valence electrons. The van der Waals surface area contributed by atoms with Gasteiger partial charge < -0.3 is 24.3 Å². The zero-order valence-electron chi connectivity index (χ0n) is 21.7. The molecule has 0 aliphatic heterocycles. The smallest absolute Gasteiger partial charge is 0.272 e. The lowest BCUT2D eigenvalue weighted by Crippen LogP contribution is -2.23. The Hall–Kier alpha value is -2.78. The third-order valence-corrected chi connectivity index (χ3v) is 7.51. The molecule has 12 heteroatoms. The molecule has 0 aliphatic carbocycles. The van der Waals surface area contributed by atoms with Gasteiger partial charge >= 0.3 is 0 Å². The molecular formula is C27H29IN4O5P2. The fourth-order valence-corrected chi connectivity index (χ4v) is 5.30. The minimum absolute atomic E-state index is 0.241. The lowest BCUT2D eigenvalue weighted by molar-refractivity contribution is 0.101. The molecule has 2 aromatic carbocycles. The lowest BCUT2D eigenvalue weighted by atomic mass is 10.1. The van der Waals surface area contributed by atoms with Crippen molar-refractivity contribution in [3.63, 3.8) is 0 Å². The van der Waals surface area contributed by atoms with Crippen molar-refractivity contribution in [3.8, 4) is 28.7 Å². The normalized spacial score (nSPS) is 10.8. The van der Waals surface area contributed by atoms with Gasteiger partial charge in [-0.1, -0.05) is 0 Å². The number of fused-ring (bicyclic) bond motifs is 1. The Balaban J connectivity index is 1.63. The van der Waals surface area contributed by atoms with Crippen LogP contribution in [0.5, 0.6) is 28.7 Å². The van der Waals surface area contributed by atoms with Crippen molar-refractivity contribution in [1.82, 2.24) is 15.3 Å². The Morgan fingerprint density at radius 1 is 1.03 bits per heavy atom. The number of hydrogen-bond acceptors (Lipinski definition) is 8. The predicted octanol–water partition coefficient (Wildman–Crippen LogP) is 4.43. The van der Waals surface area contributed by atoms with E-state index >= 15 is 0 Å². The number of carbonyl (C=O) groups excluding carboxylic acids is 1. The van der Waals surface area contributed by atoms with E-state index < -0.39 is 0 Å². The highest BCUT2D eigenvalue weighted by Gasteiger charge is 2.22. The minimum atomic E-state index is -0.241. The monoisotopic (exact) mass is 678 g/mol. The highest BCUT2D eigenvalue weighted by Crippen LogP contribution is 2.37. The number of likely N-dealkylation sites (N-methyl/N-ethyl adjacent to an activating group) is 1. The highest BCUT2D eigenvalue weighted by molar-refractivity contribution is 14.1. The molecule has 4 rings (SSSR count). The average Bonchev–Trinajstić information content (AvgIpc) is 2.94. The summed E-state index contributed by atoms with van der Waals surface area (Å²) in [6.45, 7) is 3.52. The molecule has 39 heavy (non-hydrogen) atoms. The maximum absolute atomic E-state index is 13.3. The standard InChI is InChI=1S/C27H29IN4O5P2/c1-4-35-20-5-7-30-15-18(20)27(33)32(28)16-11-24(38)26(25(39)12-16)37-21-6-8-31-19-14-23(36-10-9-29-2)22(34-3)13-17(19)21/h5-8,11-15,29H,4,9-10,38-39H2,1-3H3. The van der Waals surface area contributed by atoms with Crippen molar-refractivity contribution in [2.45, 2.75) is 6.92 Å². The van der Waals surface area contributed by atoms with Gasteiger partial charge in [-0.3, -0.25) is 14.8 Å². The molecule has 0 spiro atoms. The number of ether oxygens (including phenoxy) is 4. The third kappa shape index (κ3) is 6.69. The SMILES string of the molecule is CCOc1ccncc1C(=O)N(I)c1cc(P)c(Oc2ccnc3cc(OCCNC)c(OC)cc23)c(P)c1. The van der Waals surface area contributed by atoms with Crippen LogP contribution in [0, 0.1) is 0 Å². The number of pyridine rings is 2. The fraction of sp³-hybridized carbons (Fsp3) is 0.222. The first-order chi connectivity index (χ1) is 18.9. The molecule has 4 aromatic rings. The number of carbonyl (C=O) groups is 1. The van der Waals surface area contributed by atoms with Crippen LogP contribution in [0.1, 0.15) is 17.3 Å². The van der Waals surface area contributed by atoms with E-state index in [4.69, 9.17) is 18.9 Å². The Morgan fingerprint density at radius 3 is 2.46 bits per heavy atom. The van der Waals surface area contributed by atoms with Gasteiger partial charge in [-0.05, 0) is 44.3 Å². The second kappa shape index (κ2) is 13.5. The molecular weight excluding hydrogens is 649 g/mol. The van der Waals surface area contributed by atoms with E-state index in [2.05, 4.69) is 33.8 Å². The van der Waals surface area contributed by atoms with Crippen LogP contribution in [0.2, 0.25) is 0 Å². The van der Waals surface area contributed by atoms with E-state index in [0.29, 0.717) is 65.3 Å². The Kier molecular flexibility index (Phi) is 10.1. The van der Waals surface area contributed by atoms with Crippen LogP contribution in [-0.4, -0.2) is 49.8 Å². The van der Waals surface area contributed by atoms with E-state index in [1.165, 1.54) is 9.31 Å². The van der Waals surface area contributed by atoms with Gasteiger partial charge in [0.1, 0.15) is 29.4 Å². The van der Waals surface area contributed by atoms with Crippen molar-refractivity contribution < 1.29 is 23.7 Å². The summed E-state index contributed by atoms with van der Waals surface area (Å²) in [5, 5.41) is 5.37. The average molecular weight is 678 g/mol. The Morgan fingerprint density at radius 2 is 1.77 bits per heavy atom. The molecule has 0 bridgehead atoms. The van der Waals surface area contributed by atoms with Crippen LogP contribution in [0.3, 0.4) is 0 Å². The number of rotatable bonds is 11. The van der Waals surface area contributed by atoms with Crippen LogP contribution >= 0.6 is 41.3 Å². The van der Waals surface area contributed by atoms with E-state index in [0.717, 1.165) is 16.0 Å². The summed E-state index contributed by atoms with van der Waals surface area (Å²) in [4.78, 5) is 21.9. The molecule has 0 radical (unpaired) electrons.